The Morgan fingerprint density at radius 2 is 2.12 bits per heavy atom. The highest BCUT2D eigenvalue weighted by Crippen LogP contribution is 2.45. The van der Waals surface area contributed by atoms with E-state index >= 15 is 0 Å². The predicted molar refractivity (Wildman–Crippen MR) is 63.0 cm³/mol. The number of nitro benzene ring substituents is 1. The largest absolute Gasteiger partial charge is 0.386 e. The second kappa shape index (κ2) is 3.43. The van der Waals surface area contributed by atoms with E-state index in [9.17, 15) is 15.2 Å². The van der Waals surface area contributed by atoms with Crippen LogP contribution in [0.5, 0.6) is 0 Å². The molecular weight excluding hydrogens is 220 g/mol. The summed E-state index contributed by atoms with van der Waals surface area (Å²) in [5.74, 6) is 0.442. The fraction of sp³-hybridized carbons (Fsp3) is 0.500. The molecule has 1 saturated heterocycles. The van der Waals surface area contributed by atoms with Gasteiger partial charge in [-0.15, -0.1) is 0 Å². The van der Waals surface area contributed by atoms with Gasteiger partial charge in [0.05, 0.1) is 4.92 Å². The molecule has 0 aromatic heterocycles. The summed E-state index contributed by atoms with van der Waals surface area (Å²) >= 11 is 0. The van der Waals surface area contributed by atoms with Crippen LogP contribution in [0.2, 0.25) is 0 Å². The van der Waals surface area contributed by atoms with Gasteiger partial charge >= 0.3 is 0 Å². The van der Waals surface area contributed by atoms with Crippen molar-refractivity contribution in [1.82, 2.24) is 0 Å². The monoisotopic (exact) mass is 234 g/mol. The Labute approximate surface area is 98.8 Å². The summed E-state index contributed by atoms with van der Waals surface area (Å²) in [6.07, 6.45) is 2.22. The van der Waals surface area contributed by atoms with Crippen LogP contribution in [0.3, 0.4) is 0 Å². The van der Waals surface area contributed by atoms with Crippen molar-refractivity contribution in [3.05, 3.63) is 34.4 Å². The standard InChI is InChI=1S/C12H14N2O3/c15-12(9-4-5-9)7-13(8-12)10-2-1-3-11(6-10)14(16)17/h1-3,6,9,15H,4-5,7-8H2. The quantitative estimate of drug-likeness (QED) is 0.636. The molecule has 1 aromatic carbocycles. The Balaban J connectivity index is 1.74. The minimum atomic E-state index is -0.551. The molecule has 5 heteroatoms. The average Bonchev–Trinajstić information content (AvgIpc) is 3.09. The molecule has 2 fully saturated rings. The van der Waals surface area contributed by atoms with Crippen molar-refractivity contribution < 1.29 is 10.0 Å². The van der Waals surface area contributed by atoms with Gasteiger partial charge in [-0.2, -0.15) is 0 Å². The number of rotatable bonds is 3. The van der Waals surface area contributed by atoms with Gasteiger partial charge in [-0.25, -0.2) is 0 Å². The van der Waals surface area contributed by atoms with E-state index in [1.807, 2.05) is 11.0 Å². The maximum absolute atomic E-state index is 10.7. The minimum absolute atomic E-state index is 0.101. The summed E-state index contributed by atoms with van der Waals surface area (Å²) in [5.41, 5.74) is 0.374. The van der Waals surface area contributed by atoms with Crippen LogP contribution in [0.4, 0.5) is 11.4 Å². The molecule has 0 bridgehead atoms. The fourth-order valence-corrected chi connectivity index (χ4v) is 2.48. The van der Waals surface area contributed by atoms with Crippen LogP contribution in [0.1, 0.15) is 12.8 Å². The number of nitro groups is 1. The van der Waals surface area contributed by atoms with Gasteiger partial charge in [0.1, 0.15) is 5.60 Å². The van der Waals surface area contributed by atoms with Gasteiger partial charge in [0.2, 0.25) is 0 Å². The highest BCUT2D eigenvalue weighted by Gasteiger charge is 2.52. The molecule has 0 unspecified atom stereocenters. The van der Waals surface area contributed by atoms with Crippen molar-refractivity contribution >= 4 is 11.4 Å². The van der Waals surface area contributed by atoms with E-state index in [1.54, 1.807) is 12.1 Å². The van der Waals surface area contributed by atoms with E-state index in [2.05, 4.69) is 0 Å². The average molecular weight is 234 g/mol. The summed E-state index contributed by atoms with van der Waals surface area (Å²) in [7, 11) is 0. The molecule has 0 radical (unpaired) electrons. The Kier molecular flexibility index (Phi) is 2.13. The third kappa shape index (κ3) is 1.76. The van der Waals surface area contributed by atoms with Crippen LogP contribution < -0.4 is 4.90 Å². The van der Waals surface area contributed by atoms with Crippen molar-refractivity contribution in [3.8, 4) is 0 Å². The van der Waals surface area contributed by atoms with E-state index in [1.165, 1.54) is 6.07 Å². The third-order valence-electron chi connectivity index (χ3n) is 3.67. The number of benzene rings is 1. The molecule has 0 amide bonds. The van der Waals surface area contributed by atoms with Gasteiger partial charge in [-0.1, -0.05) is 6.07 Å². The molecule has 1 N–H and O–H groups in total. The molecule has 1 aliphatic heterocycles. The molecule has 1 saturated carbocycles. The van der Waals surface area contributed by atoms with Crippen LogP contribution in [0, 0.1) is 16.0 Å². The van der Waals surface area contributed by atoms with Gasteiger partial charge in [-0.05, 0) is 24.8 Å². The molecule has 90 valence electrons. The summed E-state index contributed by atoms with van der Waals surface area (Å²) < 4.78 is 0. The highest BCUT2D eigenvalue weighted by molar-refractivity contribution is 5.56. The number of hydrogen-bond acceptors (Lipinski definition) is 4. The maximum Gasteiger partial charge on any atom is 0.271 e. The highest BCUT2D eigenvalue weighted by atomic mass is 16.6. The molecule has 2 aliphatic rings. The van der Waals surface area contributed by atoms with Crippen LogP contribution in [0.15, 0.2) is 24.3 Å². The lowest BCUT2D eigenvalue weighted by atomic mass is 9.88. The first-order chi connectivity index (χ1) is 8.08. The van der Waals surface area contributed by atoms with Crippen LogP contribution in [0.25, 0.3) is 0 Å². The molecule has 3 rings (SSSR count). The summed E-state index contributed by atoms with van der Waals surface area (Å²) in [5, 5.41) is 20.8. The fourth-order valence-electron chi connectivity index (χ4n) is 2.48. The van der Waals surface area contributed by atoms with Crippen molar-refractivity contribution in [2.45, 2.75) is 18.4 Å². The first-order valence-electron chi connectivity index (χ1n) is 5.80. The predicted octanol–water partition coefficient (Wildman–Crippen LogP) is 1.56. The van der Waals surface area contributed by atoms with Crippen LogP contribution in [-0.2, 0) is 0 Å². The van der Waals surface area contributed by atoms with Crippen molar-refractivity contribution in [2.75, 3.05) is 18.0 Å². The zero-order chi connectivity index (χ0) is 12.0. The van der Waals surface area contributed by atoms with Crippen molar-refractivity contribution in [2.24, 2.45) is 5.92 Å². The lowest BCUT2D eigenvalue weighted by Gasteiger charge is -2.48. The van der Waals surface area contributed by atoms with Crippen LogP contribution >= 0.6 is 0 Å². The summed E-state index contributed by atoms with van der Waals surface area (Å²) in [4.78, 5) is 12.3. The lowest BCUT2D eigenvalue weighted by Crippen LogP contribution is -2.63. The number of non-ortho nitro benzene ring substituents is 1. The minimum Gasteiger partial charge on any atom is -0.386 e. The van der Waals surface area contributed by atoms with Gasteiger partial charge < -0.3 is 10.0 Å². The summed E-state index contributed by atoms with van der Waals surface area (Å²) in [6, 6.07) is 6.57. The Morgan fingerprint density at radius 1 is 1.41 bits per heavy atom. The number of nitrogens with zero attached hydrogens (tertiary/aromatic N) is 2. The first-order valence-corrected chi connectivity index (χ1v) is 5.80. The Morgan fingerprint density at radius 3 is 2.71 bits per heavy atom. The molecule has 1 heterocycles. The number of hydrogen-bond donors (Lipinski definition) is 1. The van der Waals surface area contributed by atoms with Gasteiger partial charge in [0.25, 0.3) is 5.69 Å². The van der Waals surface area contributed by atoms with Crippen molar-refractivity contribution in [1.29, 1.82) is 0 Å². The van der Waals surface area contributed by atoms with Crippen molar-refractivity contribution in [3.63, 3.8) is 0 Å². The van der Waals surface area contributed by atoms with E-state index in [4.69, 9.17) is 0 Å². The van der Waals surface area contributed by atoms with Gasteiger partial charge in [0, 0.05) is 30.9 Å². The number of anilines is 1. The molecule has 5 nitrogen and oxygen atoms in total. The molecule has 1 aliphatic carbocycles. The molecule has 1 aromatic rings. The Hall–Kier alpha value is -1.62. The normalized spacial score (nSPS) is 22.1. The Bertz CT molecular complexity index is 465. The van der Waals surface area contributed by atoms with Gasteiger partial charge in [-0.3, -0.25) is 10.1 Å². The molecule has 0 atom stereocenters. The molecule has 0 spiro atoms. The van der Waals surface area contributed by atoms with E-state index < -0.39 is 10.5 Å². The van der Waals surface area contributed by atoms with Gasteiger partial charge in [0.15, 0.2) is 0 Å². The second-order valence-electron chi connectivity index (χ2n) is 5.01. The number of aliphatic hydroxyl groups is 1. The summed E-state index contributed by atoms with van der Waals surface area (Å²) in [6.45, 7) is 1.19. The second-order valence-corrected chi connectivity index (χ2v) is 5.01. The molecule has 17 heavy (non-hydrogen) atoms. The van der Waals surface area contributed by atoms with Crippen LogP contribution in [-0.4, -0.2) is 28.7 Å². The topological polar surface area (TPSA) is 66.6 Å². The van der Waals surface area contributed by atoms with E-state index in [0.717, 1.165) is 18.5 Å². The third-order valence-corrected chi connectivity index (χ3v) is 3.67. The first kappa shape index (κ1) is 10.5. The zero-order valence-electron chi connectivity index (χ0n) is 9.37. The van der Waals surface area contributed by atoms with E-state index in [0.29, 0.717) is 19.0 Å². The number of β-amino-alcohol motifs (C(OH)–C–C–N with tert-alkyl or cyclic N) is 1. The lowest BCUT2D eigenvalue weighted by molar-refractivity contribution is -0.384. The SMILES string of the molecule is O=[N+]([O-])c1cccc(N2CC(O)(C3CC3)C2)c1. The molecular formula is C12H14N2O3. The maximum atomic E-state index is 10.7. The van der Waals surface area contributed by atoms with E-state index in [-0.39, 0.29) is 5.69 Å². The smallest absolute Gasteiger partial charge is 0.271 e. The zero-order valence-corrected chi connectivity index (χ0v) is 9.37.